The van der Waals surface area contributed by atoms with Crippen molar-refractivity contribution < 1.29 is 9.59 Å². The van der Waals surface area contributed by atoms with Crippen LogP contribution in [0.3, 0.4) is 0 Å². The lowest BCUT2D eigenvalue weighted by atomic mass is 9.78. The maximum atomic E-state index is 12.8. The van der Waals surface area contributed by atoms with E-state index >= 15 is 0 Å². The van der Waals surface area contributed by atoms with Crippen LogP contribution in [0.5, 0.6) is 0 Å². The summed E-state index contributed by atoms with van der Waals surface area (Å²) in [6.45, 7) is 0. The van der Waals surface area contributed by atoms with Crippen LogP contribution in [0.4, 0.5) is 0 Å². The highest BCUT2D eigenvalue weighted by atomic mass is 16.1. The zero-order valence-corrected chi connectivity index (χ0v) is 13.0. The number of hydrogen-bond donors (Lipinski definition) is 0. The topological polar surface area (TPSA) is 34.1 Å². The molecule has 0 heterocycles. The third-order valence-electron chi connectivity index (χ3n) is 4.97. The molecule has 114 valence electrons. The molecule has 0 saturated carbocycles. The van der Waals surface area contributed by atoms with Crippen molar-refractivity contribution in [1.82, 2.24) is 0 Å². The molecular formula is C22H14O2. The molecule has 0 spiro atoms. The first-order valence-electron chi connectivity index (χ1n) is 8.19. The molecule has 3 aromatic carbocycles. The fraction of sp³-hybridized carbons (Fsp3) is 0.0909. The number of carbonyl (C=O) groups is 2. The second kappa shape index (κ2) is 4.75. The smallest absolute Gasteiger partial charge is 0.194 e. The largest absolute Gasteiger partial charge is 0.289 e. The van der Waals surface area contributed by atoms with Gasteiger partial charge in [-0.1, -0.05) is 36.4 Å². The highest BCUT2D eigenvalue weighted by Gasteiger charge is 2.33. The maximum absolute atomic E-state index is 12.8. The molecule has 0 N–H and O–H groups in total. The van der Waals surface area contributed by atoms with Gasteiger partial charge in [-0.15, -0.1) is 0 Å². The standard InChI is InChI=1S/C22H14O2/c23-21-17-7-3-4-8-18(17)22(24)20-12-16-10-14-6-2-1-5-13(14)9-15(16)11-19(20)21/h1-2,5-12H,3-4H2. The summed E-state index contributed by atoms with van der Waals surface area (Å²) >= 11 is 0. The number of fused-ring (bicyclic) bond motifs is 4. The summed E-state index contributed by atoms with van der Waals surface area (Å²) in [5, 5.41) is 4.27. The van der Waals surface area contributed by atoms with Gasteiger partial charge in [0.25, 0.3) is 0 Å². The number of rotatable bonds is 0. The molecule has 0 atom stereocenters. The van der Waals surface area contributed by atoms with E-state index in [2.05, 4.69) is 24.3 Å². The van der Waals surface area contributed by atoms with Crippen LogP contribution in [0.15, 0.2) is 71.8 Å². The van der Waals surface area contributed by atoms with Crippen LogP contribution in [-0.2, 0) is 0 Å². The average molecular weight is 310 g/mol. The first kappa shape index (κ1) is 13.4. The van der Waals surface area contributed by atoms with Gasteiger partial charge >= 0.3 is 0 Å². The zero-order valence-electron chi connectivity index (χ0n) is 13.0. The van der Waals surface area contributed by atoms with Crippen molar-refractivity contribution >= 4 is 33.1 Å². The van der Waals surface area contributed by atoms with Gasteiger partial charge in [-0.3, -0.25) is 9.59 Å². The number of benzene rings is 3. The summed E-state index contributed by atoms with van der Waals surface area (Å²) in [5.74, 6) is -0.0452. The van der Waals surface area contributed by atoms with Gasteiger partial charge in [-0.25, -0.2) is 0 Å². The first-order chi connectivity index (χ1) is 11.7. The minimum atomic E-state index is -0.0226. The van der Waals surface area contributed by atoms with Crippen molar-refractivity contribution in [3.05, 3.63) is 83.0 Å². The Morgan fingerprint density at radius 3 is 1.50 bits per heavy atom. The molecule has 0 unspecified atom stereocenters. The average Bonchev–Trinajstić information content (AvgIpc) is 2.63. The van der Waals surface area contributed by atoms with Gasteiger partial charge in [-0.2, -0.15) is 0 Å². The van der Waals surface area contributed by atoms with Crippen LogP contribution < -0.4 is 0 Å². The molecule has 0 saturated heterocycles. The van der Waals surface area contributed by atoms with Crippen LogP contribution in [0.1, 0.15) is 33.6 Å². The van der Waals surface area contributed by atoms with Gasteiger partial charge in [0.2, 0.25) is 0 Å². The molecule has 2 aliphatic carbocycles. The van der Waals surface area contributed by atoms with Crippen molar-refractivity contribution in [1.29, 1.82) is 0 Å². The molecule has 0 fully saturated rings. The fourth-order valence-corrected chi connectivity index (χ4v) is 3.76. The van der Waals surface area contributed by atoms with Gasteiger partial charge in [0.1, 0.15) is 0 Å². The van der Waals surface area contributed by atoms with Crippen molar-refractivity contribution in [3.8, 4) is 0 Å². The molecule has 3 aromatic rings. The summed E-state index contributed by atoms with van der Waals surface area (Å²) < 4.78 is 0. The van der Waals surface area contributed by atoms with Gasteiger partial charge in [0.15, 0.2) is 11.6 Å². The predicted octanol–water partition coefficient (Wildman–Crippen LogP) is 5.02. The Kier molecular flexibility index (Phi) is 2.66. The first-order valence-corrected chi connectivity index (χ1v) is 8.19. The van der Waals surface area contributed by atoms with E-state index in [-0.39, 0.29) is 11.6 Å². The zero-order chi connectivity index (χ0) is 16.3. The van der Waals surface area contributed by atoms with E-state index < -0.39 is 0 Å². The van der Waals surface area contributed by atoms with Crippen LogP contribution in [0.25, 0.3) is 21.5 Å². The summed E-state index contributed by atoms with van der Waals surface area (Å²) in [6, 6.07) is 16.1. The summed E-state index contributed by atoms with van der Waals surface area (Å²) in [7, 11) is 0. The van der Waals surface area contributed by atoms with Gasteiger partial charge in [0, 0.05) is 22.3 Å². The van der Waals surface area contributed by atoms with Gasteiger partial charge < -0.3 is 0 Å². The number of ketones is 2. The van der Waals surface area contributed by atoms with Gasteiger partial charge in [0.05, 0.1) is 0 Å². The van der Waals surface area contributed by atoms with E-state index in [0.717, 1.165) is 34.4 Å². The van der Waals surface area contributed by atoms with Crippen molar-refractivity contribution in [2.24, 2.45) is 0 Å². The lowest BCUT2D eigenvalue weighted by Gasteiger charge is -2.22. The summed E-state index contributed by atoms with van der Waals surface area (Å²) in [5.41, 5.74) is 2.24. The van der Waals surface area contributed by atoms with Crippen molar-refractivity contribution in [2.45, 2.75) is 12.8 Å². The van der Waals surface area contributed by atoms with Crippen LogP contribution in [0, 0.1) is 0 Å². The number of allylic oxidation sites excluding steroid dienone is 4. The molecule has 2 nitrogen and oxygen atoms in total. The number of hydrogen-bond acceptors (Lipinski definition) is 2. The Morgan fingerprint density at radius 2 is 1.04 bits per heavy atom. The molecule has 0 amide bonds. The van der Waals surface area contributed by atoms with Crippen LogP contribution in [0.2, 0.25) is 0 Å². The molecule has 5 rings (SSSR count). The van der Waals surface area contributed by atoms with Crippen LogP contribution >= 0.6 is 0 Å². The molecule has 2 heteroatoms. The second-order valence-corrected chi connectivity index (χ2v) is 6.42. The minimum absolute atomic E-state index is 0.0226. The Labute approximate surface area is 139 Å². The van der Waals surface area contributed by atoms with Crippen LogP contribution in [-0.4, -0.2) is 11.6 Å². The van der Waals surface area contributed by atoms with Gasteiger partial charge in [-0.05, 0) is 58.7 Å². The molecule has 0 bridgehead atoms. The SMILES string of the molecule is O=C1C2=CCCC=C2C(=O)c2cc3cc4ccccc4cc3cc21. The monoisotopic (exact) mass is 310 g/mol. The minimum Gasteiger partial charge on any atom is -0.289 e. The van der Waals surface area contributed by atoms with E-state index in [9.17, 15) is 9.59 Å². The lowest BCUT2D eigenvalue weighted by molar-refractivity contribution is 0.0971. The normalized spacial score (nSPS) is 16.7. The number of carbonyl (C=O) groups excluding carboxylic acids is 2. The molecule has 0 aliphatic heterocycles. The van der Waals surface area contributed by atoms with Crippen molar-refractivity contribution in [2.75, 3.05) is 0 Å². The highest BCUT2D eigenvalue weighted by molar-refractivity contribution is 6.32. The van der Waals surface area contributed by atoms with E-state index in [1.54, 1.807) is 0 Å². The van der Waals surface area contributed by atoms with Crippen molar-refractivity contribution in [3.63, 3.8) is 0 Å². The molecule has 0 radical (unpaired) electrons. The quantitative estimate of drug-likeness (QED) is 0.546. The second-order valence-electron chi connectivity index (χ2n) is 6.42. The third kappa shape index (κ3) is 1.77. The predicted molar refractivity (Wildman–Crippen MR) is 95.5 cm³/mol. The van der Waals surface area contributed by atoms with E-state index in [4.69, 9.17) is 0 Å². The summed E-state index contributed by atoms with van der Waals surface area (Å²) in [6.07, 6.45) is 5.46. The summed E-state index contributed by atoms with van der Waals surface area (Å²) in [4.78, 5) is 25.7. The fourth-order valence-electron chi connectivity index (χ4n) is 3.76. The maximum Gasteiger partial charge on any atom is 0.194 e. The highest BCUT2D eigenvalue weighted by Crippen LogP contribution is 2.35. The van der Waals surface area contributed by atoms with E-state index in [1.807, 2.05) is 36.4 Å². The lowest BCUT2D eigenvalue weighted by Crippen LogP contribution is -2.23. The Hall–Kier alpha value is -3.00. The van der Waals surface area contributed by atoms with E-state index in [1.165, 1.54) is 0 Å². The Balaban J connectivity index is 1.84. The molecule has 0 aromatic heterocycles. The third-order valence-corrected chi connectivity index (χ3v) is 4.97. The number of Topliss-reactive ketones (excluding diaryl/α,β-unsaturated/α-hetero) is 2. The molecular weight excluding hydrogens is 296 g/mol. The molecule has 2 aliphatic rings. The van der Waals surface area contributed by atoms with E-state index in [0.29, 0.717) is 22.3 Å². The molecule has 24 heavy (non-hydrogen) atoms. The Bertz CT molecular complexity index is 1040. The Morgan fingerprint density at radius 1 is 0.583 bits per heavy atom.